The summed E-state index contributed by atoms with van der Waals surface area (Å²) in [6.45, 7) is 18.1. The van der Waals surface area contributed by atoms with Crippen LogP contribution in [0.3, 0.4) is 0 Å². The van der Waals surface area contributed by atoms with Crippen molar-refractivity contribution in [2.24, 2.45) is 0 Å². The Kier molecular flexibility index (Phi) is 24.3. The molecule has 21 rings (SSSR count). The molecule has 5 amide bonds. The zero-order valence-electron chi connectivity index (χ0n) is 75.3. The highest BCUT2D eigenvalue weighted by molar-refractivity contribution is 7.99. The van der Waals surface area contributed by atoms with Crippen LogP contribution in [0.2, 0.25) is 5.02 Å². The fraction of sp³-hybridized carbons (Fsp3) is 0.286. The molecule has 16 aromatic rings. The maximum absolute atomic E-state index is 14.6. The Morgan fingerprint density at radius 1 is 0.448 bits per heavy atom. The van der Waals surface area contributed by atoms with Crippen molar-refractivity contribution in [1.29, 1.82) is 0 Å². The molecule has 13 heterocycles. The van der Waals surface area contributed by atoms with Gasteiger partial charge in [0.15, 0.2) is 33.1 Å². The number of likely N-dealkylation sites (N-methyl/N-ethyl adjacent to an activating group) is 1. The number of aromatic nitrogens is 16. The summed E-state index contributed by atoms with van der Waals surface area (Å²) in [5.41, 5.74) is 13.7. The van der Waals surface area contributed by atoms with E-state index in [-0.39, 0.29) is 62.5 Å². The van der Waals surface area contributed by atoms with Crippen LogP contribution < -0.4 is 21.3 Å². The van der Waals surface area contributed by atoms with E-state index in [9.17, 15) is 49.8 Å². The van der Waals surface area contributed by atoms with Crippen molar-refractivity contribution in [3.05, 3.63) is 275 Å². The summed E-state index contributed by atoms with van der Waals surface area (Å²) in [5, 5.41) is 29.6. The van der Waals surface area contributed by atoms with Gasteiger partial charge in [0.25, 0.3) is 29.5 Å². The number of fused-ring (bicyclic) bond motifs is 4. The highest BCUT2D eigenvalue weighted by atomic mass is 35.5. The number of imidazole rings is 4. The number of carbonyl (C=O) groups is 5. The van der Waals surface area contributed by atoms with Gasteiger partial charge in [-0.3, -0.25) is 41.4 Å². The summed E-state index contributed by atoms with van der Waals surface area (Å²) in [7, 11) is -3.83. The van der Waals surface area contributed by atoms with Gasteiger partial charge < -0.3 is 35.5 Å². The number of aryl methyl sites for hydroxylation is 3. The zero-order chi connectivity index (χ0) is 94.2. The highest BCUT2D eigenvalue weighted by Gasteiger charge is 2.34. The van der Waals surface area contributed by atoms with Crippen LogP contribution in [0.4, 0.5) is 13.2 Å². The summed E-state index contributed by atoms with van der Waals surface area (Å²) in [6.07, 6.45) is 37.3. The maximum atomic E-state index is 14.6. The number of nitrogens with zero attached hydrogens (tertiary/aromatic N) is 18. The first kappa shape index (κ1) is 90.4. The number of hydrogen-bond acceptors (Lipinski definition) is 17. The van der Waals surface area contributed by atoms with Crippen LogP contribution >= 0.6 is 11.6 Å². The third-order valence-corrected chi connectivity index (χ3v) is 28.3. The van der Waals surface area contributed by atoms with Gasteiger partial charge >= 0.3 is 0 Å². The van der Waals surface area contributed by atoms with E-state index in [1.54, 1.807) is 171 Å². The van der Waals surface area contributed by atoms with Crippen LogP contribution in [0, 0.1) is 38.2 Å². The van der Waals surface area contributed by atoms with Crippen LogP contribution in [-0.2, 0) is 19.4 Å². The summed E-state index contributed by atoms with van der Waals surface area (Å²) in [5.74, 6) is 3.80. The van der Waals surface area contributed by atoms with E-state index in [0.29, 0.717) is 92.2 Å². The van der Waals surface area contributed by atoms with Crippen LogP contribution in [0.15, 0.2) is 212 Å². The number of amides is 5. The predicted octanol–water partition coefficient (Wildman–Crippen LogP) is 15.1. The second-order valence-corrected chi connectivity index (χ2v) is 41.8. The molecule has 12 aromatic heterocycles. The summed E-state index contributed by atoms with van der Waals surface area (Å²) >= 11 is 6.29. The molecule has 0 bridgehead atoms. The maximum Gasteiger partial charge on any atom is 0.255 e. The van der Waals surface area contributed by atoms with E-state index in [4.69, 9.17) is 11.6 Å². The minimum Gasteiger partial charge on any atom is -0.349 e. The Labute approximate surface area is 775 Å². The molecular weight excluding hydrogens is 1770 g/mol. The number of hydrogen-bond donors (Lipinski definition) is 4. The molecule has 4 saturated carbocycles. The SMILES string of the molecule is C=S(C)(=O)c1ccc2ncc(-n3cc(-c4cc(C(=O)NC5CC5)c(F)cc4Cl)cn3)n2c1.Cc1cc(F)c(C(=O)NC2CC2)cc1-c1cnn(-c2cnc3ccc(C(=O)N4CCN(C)CC4)cn23)c1.Cc1cc(F)c(C(=O)NC2CC2)cc1-c1cnn(-c2cnc3ccc(C(C)C)cn23)c1.Cc1ccc(C(=O)NC2CC2)cc1-c1cnn(-c2cn3cc(S(=O)(=O)C(C)(C)C)ccc3n2)c1. The Bertz CT molecular complexity index is 7600. The summed E-state index contributed by atoms with van der Waals surface area (Å²) in [4.78, 5) is 85.8. The third kappa shape index (κ3) is 19.3. The van der Waals surface area contributed by atoms with Crippen molar-refractivity contribution in [3.63, 3.8) is 0 Å². The summed E-state index contributed by atoms with van der Waals surface area (Å²) in [6, 6.07) is 29.5. The largest absolute Gasteiger partial charge is 0.349 e. The number of pyridine rings is 4. The molecule has 688 valence electrons. The van der Waals surface area contributed by atoms with Crippen LogP contribution in [0.5, 0.6) is 0 Å². The Balaban J connectivity index is 0.000000120. The average molecular weight is 1870 g/mol. The van der Waals surface area contributed by atoms with Gasteiger partial charge in [0.1, 0.15) is 40.0 Å². The number of halogens is 4. The van der Waals surface area contributed by atoms with Crippen molar-refractivity contribution < 1.29 is 49.8 Å². The monoisotopic (exact) mass is 1870 g/mol. The van der Waals surface area contributed by atoms with Gasteiger partial charge in [-0.25, -0.2) is 60.3 Å². The normalized spacial score (nSPS) is 15.1. The Hall–Kier alpha value is -14.2. The second kappa shape index (κ2) is 36.1. The van der Waals surface area contributed by atoms with Crippen molar-refractivity contribution in [1.82, 2.24) is 108 Å². The van der Waals surface area contributed by atoms with E-state index in [2.05, 4.69) is 106 Å². The lowest BCUT2D eigenvalue weighted by molar-refractivity contribution is 0.0662. The second-order valence-electron chi connectivity index (χ2n) is 36.2. The highest BCUT2D eigenvalue weighted by Crippen LogP contribution is 2.37. The molecule has 5 aliphatic rings. The number of carbonyl (C=O) groups excluding carboxylic acids is 5. The van der Waals surface area contributed by atoms with Crippen LogP contribution in [0.1, 0.15) is 166 Å². The van der Waals surface area contributed by atoms with Crippen molar-refractivity contribution >= 4 is 89.0 Å². The first-order chi connectivity index (χ1) is 64.0. The van der Waals surface area contributed by atoms with Crippen LogP contribution in [0.25, 0.3) is 90.4 Å². The molecular formula is C98H98ClF3N22O8S2. The fourth-order valence-electron chi connectivity index (χ4n) is 15.6. The first-order valence-corrected chi connectivity index (χ1v) is 48.1. The summed E-state index contributed by atoms with van der Waals surface area (Å²) < 4.78 is 94.6. The number of piperazine rings is 1. The van der Waals surface area contributed by atoms with E-state index in [1.807, 2.05) is 83.4 Å². The van der Waals surface area contributed by atoms with Crippen molar-refractivity contribution in [2.45, 2.75) is 151 Å². The lowest BCUT2D eigenvalue weighted by Gasteiger charge is -2.32. The fourth-order valence-corrected chi connectivity index (χ4v) is 17.7. The molecule has 36 heteroatoms. The molecule has 4 aromatic carbocycles. The van der Waals surface area contributed by atoms with Gasteiger partial charge in [0.05, 0.1) is 86.5 Å². The van der Waals surface area contributed by atoms with E-state index < -0.39 is 53.4 Å². The zero-order valence-corrected chi connectivity index (χ0v) is 77.7. The molecule has 1 saturated heterocycles. The molecule has 4 N–H and O–H groups in total. The molecule has 30 nitrogen and oxygen atoms in total. The van der Waals surface area contributed by atoms with Gasteiger partial charge in [0.2, 0.25) is 0 Å². The van der Waals surface area contributed by atoms with Gasteiger partial charge in [-0.15, -0.1) is 0 Å². The number of benzene rings is 4. The first-order valence-electron chi connectivity index (χ1n) is 44.1. The van der Waals surface area contributed by atoms with Gasteiger partial charge in [-0.05, 0) is 251 Å². The minimum atomic E-state index is -3.48. The molecule has 134 heavy (non-hydrogen) atoms. The topological polar surface area (TPSA) is 332 Å². The number of rotatable bonds is 20. The van der Waals surface area contributed by atoms with Crippen molar-refractivity contribution in [2.75, 3.05) is 39.5 Å². The molecule has 4 aliphatic carbocycles. The van der Waals surface area contributed by atoms with E-state index in [0.717, 1.165) is 126 Å². The third-order valence-electron chi connectivity index (χ3n) is 24.3. The molecule has 1 aliphatic heterocycles. The van der Waals surface area contributed by atoms with E-state index >= 15 is 0 Å². The molecule has 1 atom stereocenters. The minimum absolute atomic E-state index is 0.00487. The Morgan fingerprint density at radius 2 is 0.858 bits per heavy atom. The number of nitrogens with one attached hydrogen (secondary N) is 4. The molecule has 1 unspecified atom stereocenters. The van der Waals surface area contributed by atoms with Gasteiger partial charge in [-0.2, -0.15) is 20.4 Å². The van der Waals surface area contributed by atoms with Gasteiger partial charge in [0, 0.05) is 144 Å². The standard InChI is InChI=1S/C27H28FN7O2.C25H27N5O3S.C24H24FN5O.C22H19ClFN5O2S/c1-17-11-23(28)22(26(36)31-20-4-5-20)12-21(17)19-13-30-35(16-19)25-14-29-24-6-3-18(15-34(24)25)27(37)33-9-7-32(2)8-10-33;1-16-5-6-17(24(31)27-19-7-8-19)11-21(16)18-12-26-30(13-18)23-15-29-14-20(9-10-22(29)28-23)34(32,33)25(2,3)4;1-14(2)16-4-7-22-26-11-23(29(22)12-16)30-13-17(10-27-30)19-9-20(21(25)8-15(19)3)24(31)28-18-5-6-18;1-32(2,31)15-5-6-20-25-10-21(28(20)12-15)29-11-13(9-26-29)16-7-17(19(24)8-18(16)23)22(30)27-14-3-4-14/h3,6,11-16,20H,4-5,7-10H2,1-2H3,(H,31,36);5-6,9-15,19H,7-8H2,1-4H3,(H,27,31);4,7-14,18H,5-6H2,1-3H3,(H,28,31);5-12,14H,1,3-4H2,2H3,(H,27,30). The van der Waals surface area contributed by atoms with Crippen LogP contribution in [-0.4, -0.2) is 203 Å². The Morgan fingerprint density at radius 3 is 1.34 bits per heavy atom. The predicted molar refractivity (Wildman–Crippen MR) is 506 cm³/mol. The quantitative estimate of drug-likeness (QED) is 0.0515. The van der Waals surface area contributed by atoms with Gasteiger partial charge in [-0.1, -0.05) is 37.6 Å². The molecule has 5 fully saturated rings. The lowest BCUT2D eigenvalue weighted by atomic mass is 9.99. The lowest BCUT2D eigenvalue weighted by Crippen LogP contribution is -2.47. The number of sulfone groups is 1. The smallest absolute Gasteiger partial charge is 0.255 e. The van der Waals surface area contributed by atoms with Crippen molar-refractivity contribution in [3.8, 4) is 67.8 Å². The molecule has 0 radical (unpaired) electrons. The molecule has 0 spiro atoms. The average Bonchev–Trinajstić information content (AvgIpc) is 1.64. The van der Waals surface area contributed by atoms with E-state index in [1.165, 1.54) is 23.8 Å².